The molecule has 1 saturated heterocycles. The summed E-state index contributed by atoms with van der Waals surface area (Å²) < 4.78 is 7.10. The van der Waals surface area contributed by atoms with Gasteiger partial charge in [0.25, 0.3) is 5.56 Å². The summed E-state index contributed by atoms with van der Waals surface area (Å²) in [5, 5.41) is 4.12. The van der Waals surface area contributed by atoms with Crippen LogP contribution in [0.3, 0.4) is 0 Å². The van der Waals surface area contributed by atoms with E-state index >= 15 is 0 Å². The van der Waals surface area contributed by atoms with Crippen molar-refractivity contribution in [1.29, 1.82) is 0 Å². The van der Waals surface area contributed by atoms with Crippen molar-refractivity contribution in [1.82, 2.24) is 24.6 Å². The first-order valence-electron chi connectivity index (χ1n) is 10.0. The number of hydrogen-bond donors (Lipinski definition) is 0. The van der Waals surface area contributed by atoms with Crippen molar-refractivity contribution in [3.63, 3.8) is 0 Å². The predicted molar refractivity (Wildman–Crippen MR) is 101 cm³/mol. The first kappa shape index (κ1) is 18.3. The van der Waals surface area contributed by atoms with Gasteiger partial charge in [-0.25, -0.2) is 4.98 Å². The Morgan fingerprint density at radius 3 is 2.56 bits per heavy atom. The molecule has 2 aliphatic rings. The Morgan fingerprint density at radius 1 is 1.19 bits per heavy atom. The lowest BCUT2D eigenvalue weighted by Crippen LogP contribution is -2.36. The number of likely N-dealkylation sites (tertiary alicyclic amines) is 1. The van der Waals surface area contributed by atoms with Gasteiger partial charge in [-0.05, 0) is 44.7 Å². The van der Waals surface area contributed by atoms with E-state index in [1.54, 1.807) is 17.0 Å². The zero-order chi connectivity index (χ0) is 19.0. The lowest BCUT2D eigenvalue weighted by molar-refractivity contribution is 0.161. The molecule has 3 heterocycles. The molecular formula is C20H29N5O2. The van der Waals surface area contributed by atoms with E-state index in [2.05, 4.69) is 40.8 Å². The van der Waals surface area contributed by atoms with Crippen molar-refractivity contribution in [2.75, 3.05) is 13.1 Å². The number of aromatic nitrogens is 4. The van der Waals surface area contributed by atoms with Crippen LogP contribution in [0.15, 0.2) is 21.7 Å². The number of hydrogen-bond acceptors (Lipinski definition) is 6. The highest BCUT2D eigenvalue weighted by Crippen LogP contribution is 2.38. The van der Waals surface area contributed by atoms with Crippen molar-refractivity contribution in [3.05, 3.63) is 40.2 Å². The molecule has 0 atom stereocenters. The molecule has 2 fully saturated rings. The van der Waals surface area contributed by atoms with Crippen LogP contribution in [-0.2, 0) is 18.5 Å². The normalized spacial score (nSPS) is 19.5. The van der Waals surface area contributed by atoms with E-state index in [1.807, 2.05) is 0 Å². The summed E-state index contributed by atoms with van der Waals surface area (Å²) in [7, 11) is 0. The molecule has 146 valence electrons. The minimum absolute atomic E-state index is 0.0526. The third-order valence-electron chi connectivity index (χ3n) is 5.59. The maximum Gasteiger partial charge on any atom is 0.253 e. The summed E-state index contributed by atoms with van der Waals surface area (Å²) in [6.07, 6.45) is 6.21. The zero-order valence-corrected chi connectivity index (χ0v) is 16.5. The molecule has 1 saturated carbocycles. The van der Waals surface area contributed by atoms with Crippen molar-refractivity contribution in [2.45, 2.75) is 70.9 Å². The molecule has 0 N–H and O–H groups in total. The number of nitrogens with zero attached hydrogens (tertiary/aromatic N) is 5. The quantitative estimate of drug-likeness (QED) is 0.804. The highest BCUT2D eigenvalue weighted by Gasteiger charge is 2.30. The van der Waals surface area contributed by atoms with Gasteiger partial charge in [0.1, 0.15) is 0 Å². The Bertz CT molecular complexity index is 839. The molecule has 1 aliphatic heterocycles. The number of piperidine rings is 1. The van der Waals surface area contributed by atoms with Crippen LogP contribution in [0, 0.1) is 5.92 Å². The summed E-state index contributed by atoms with van der Waals surface area (Å²) >= 11 is 0. The van der Waals surface area contributed by atoms with Gasteiger partial charge in [-0.1, -0.05) is 25.9 Å². The first-order valence-corrected chi connectivity index (χ1v) is 10.0. The van der Waals surface area contributed by atoms with Crippen molar-refractivity contribution < 1.29 is 4.52 Å². The van der Waals surface area contributed by atoms with Crippen LogP contribution in [-0.4, -0.2) is 37.7 Å². The van der Waals surface area contributed by atoms with E-state index in [9.17, 15) is 4.79 Å². The Hall–Kier alpha value is -2.02. The summed E-state index contributed by atoms with van der Waals surface area (Å²) in [4.78, 5) is 23.8. The largest absolute Gasteiger partial charge is 0.339 e. The highest BCUT2D eigenvalue weighted by atomic mass is 16.5. The lowest BCUT2D eigenvalue weighted by atomic mass is 9.92. The van der Waals surface area contributed by atoms with Gasteiger partial charge in [0.15, 0.2) is 5.82 Å². The summed E-state index contributed by atoms with van der Waals surface area (Å²) in [6, 6.07) is 1.68. The fourth-order valence-electron chi connectivity index (χ4n) is 3.61. The van der Waals surface area contributed by atoms with Gasteiger partial charge in [-0.15, -0.1) is 0 Å². The molecule has 7 heteroatoms. The maximum atomic E-state index is 12.4. The summed E-state index contributed by atoms with van der Waals surface area (Å²) in [5.41, 5.74) is 0.805. The van der Waals surface area contributed by atoms with Gasteiger partial charge >= 0.3 is 0 Å². The van der Waals surface area contributed by atoms with E-state index < -0.39 is 0 Å². The van der Waals surface area contributed by atoms with Crippen LogP contribution in [0.2, 0.25) is 0 Å². The highest BCUT2D eigenvalue weighted by molar-refractivity contribution is 5.10. The monoisotopic (exact) mass is 371 g/mol. The maximum absolute atomic E-state index is 12.4. The number of rotatable bonds is 5. The Morgan fingerprint density at radius 2 is 1.93 bits per heavy atom. The molecule has 1 aliphatic carbocycles. The Kier molecular flexibility index (Phi) is 4.88. The van der Waals surface area contributed by atoms with Crippen LogP contribution in [0.25, 0.3) is 0 Å². The van der Waals surface area contributed by atoms with Gasteiger partial charge in [-0.2, -0.15) is 4.98 Å². The topological polar surface area (TPSA) is 77.0 Å². The second-order valence-corrected chi connectivity index (χ2v) is 9.06. The van der Waals surface area contributed by atoms with Crippen LogP contribution < -0.4 is 5.56 Å². The molecule has 0 radical (unpaired) electrons. The molecule has 0 amide bonds. The molecule has 7 nitrogen and oxygen atoms in total. The van der Waals surface area contributed by atoms with Gasteiger partial charge in [0.2, 0.25) is 5.89 Å². The molecule has 2 aromatic rings. The standard InChI is InChI=1S/C20H29N5O2/c1-20(2,3)16-10-18(26)25(13-21-16)11-14-6-8-24(9-7-14)12-17-22-19(27-23-17)15-4-5-15/h10,13-15H,4-9,11-12H2,1-3H3. The average molecular weight is 371 g/mol. The van der Waals surface area contributed by atoms with E-state index in [0.29, 0.717) is 11.8 Å². The fraction of sp³-hybridized carbons (Fsp3) is 0.700. The summed E-state index contributed by atoms with van der Waals surface area (Å²) in [5.74, 6) is 2.63. The van der Waals surface area contributed by atoms with Gasteiger partial charge in [0.05, 0.1) is 18.6 Å². The van der Waals surface area contributed by atoms with E-state index in [0.717, 1.165) is 56.4 Å². The second-order valence-electron chi connectivity index (χ2n) is 9.06. The van der Waals surface area contributed by atoms with Crippen LogP contribution >= 0.6 is 0 Å². The second kappa shape index (κ2) is 7.19. The SMILES string of the molecule is CC(C)(C)c1cc(=O)n(CC2CCN(Cc3noc(C4CC4)n3)CC2)cn1. The van der Waals surface area contributed by atoms with Crippen molar-refractivity contribution in [2.24, 2.45) is 5.92 Å². The minimum atomic E-state index is -0.0991. The molecular weight excluding hydrogens is 342 g/mol. The van der Waals surface area contributed by atoms with E-state index in [-0.39, 0.29) is 11.0 Å². The molecule has 0 unspecified atom stereocenters. The average Bonchev–Trinajstić information content (AvgIpc) is 3.37. The van der Waals surface area contributed by atoms with Gasteiger partial charge < -0.3 is 4.52 Å². The van der Waals surface area contributed by atoms with Crippen molar-refractivity contribution in [3.8, 4) is 0 Å². The van der Waals surface area contributed by atoms with E-state index in [1.165, 1.54) is 12.8 Å². The third kappa shape index (κ3) is 4.46. The Balaban J connectivity index is 1.29. The summed E-state index contributed by atoms with van der Waals surface area (Å²) in [6.45, 7) is 9.73. The van der Waals surface area contributed by atoms with Gasteiger partial charge in [0, 0.05) is 23.9 Å². The zero-order valence-electron chi connectivity index (χ0n) is 16.5. The van der Waals surface area contributed by atoms with E-state index in [4.69, 9.17) is 4.52 Å². The Labute approximate surface area is 159 Å². The third-order valence-corrected chi connectivity index (χ3v) is 5.59. The van der Waals surface area contributed by atoms with Gasteiger partial charge in [-0.3, -0.25) is 14.3 Å². The van der Waals surface area contributed by atoms with Crippen molar-refractivity contribution >= 4 is 0 Å². The first-order chi connectivity index (χ1) is 12.9. The molecule has 27 heavy (non-hydrogen) atoms. The van der Waals surface area contributed by atoms with Crippen LogP contribution in [0.4, 0.5) is 0 Å². The molecule has 4 rings (SSSR count). The molecule has 0 aromatic carbocycles. The molecule has 2 aromatic heterocycles. The molecule has 0 spiro atoms. The van der Waals surface area contributed by atoms with Crippen LogP contribution in [0.1, 0.15) is 69.8 Å². The lowest BCUT2D eigenvalue weighted by Gasteiger charge is -2.31. The fourth-order valence-corrected chi connectivity index (χ4v) is 3.61. The molecule has 0 bridgehead atoms. The smallest absolute Gasteiger partial charge is 0.253 e. The minimum Gasteiger partial charge on any atom is -0.339 e. The van der Waals surface area contributed by atoms with Crippen LogP contribution in [0.5, 0.6) is 0 Å². The predicted octanol–water partition coefficient (Wildman–Crippen LogP) is 2.71.